The highest BCUT2D eigenvalue weighted by molar-refractivity contribution is 6.10. The molecule has 2 aromatic rings. The Morgan fingerprint density at radius 2 is 1.68 bits per heavy atom. The van der Waals surface area contributed by atoms with Gasteiger partial charge in [0.2, 0.25) is 0 Å². The molecule has 5 heteroatoms. The molecule has 1 N–H and O–H groups in total. The van der Waals surface area contributed by atoms with Crippen molar-refractivity contribution in [3.05, 3.63) is 59.2 Å². The molecule has 0 aromatic heterocycles. The topological polar surface area (TPSA) is 60.9 Å². The number of fused-ring (bicyclic) bond motifs is 1. The van der Waals surface area contributed by atoms with Crippen LogP contribution < -0.4 is 9.80 Å². The third kappa shape index (κ3) is 2.97. The van der Waals surface area contributed by atoms with Gasteiger partial charge in [-0.1, -0.05) is 25.1 Å². The number of amides is 2. The van der Waals surface area contributed by atoms with E-state index in [2.05, 4.69) is 0 Å². The standard InChI is InChI=1S/C20H22N2O3/c1-4-16-12-21(19(23)15-8-6-5-7-9-15)17-10-13(2)14(3)11-18(17)22(16)20(24)25/h5-11,16H,4,12H2,1-3H3,(H,24,25). The van der Waals surface area contributed by atoms with Gasteiger partial charge in [0.05, 0.1) is 17.4 Å². The molecule has 0 saturated carbocycles. The van der Waals surface area contributed by atoms with E-state index in [1.165, 1.54) is 4.90 Å². The number of carbonyl (C=O) groups excluding carboxylic acids is 1. The molecule has 1 aliphatic rings. The van der Waals surface area contributed by atoms with Crippen molar-refractivity contribution in [2.75, 3.05) is 16.3 Å². The van der Waals surface area contributed by atoms with Crippen molar-refractivity contribution in [3.63, 3.8) is 0 Å². The summed E-state index contributed by atoms with van der Waals surface area (Å²) in [6.45, 7) is 6.22. The Labute approximate surface area is 147 Å². The number of hydrogen-bond donors (Lipinski definition) is 1. The molecule has 2 aromatic carbocycles. The molecule has 3 rings (SSSR count). The lowest BCUT2D eigenvalue weighted by molar-refractivity contribution is 0.0982. The molecule has 0 spiro atoms. The lowest BCUT2D eigenvalue weighted by Crippen LogP contribution is -2.52. The highest BCUT2D eigenvalue weighted by Crippen LogP contribution is 2.39. The Morgan fingerprint density at radius 1 is 1.08 bits per heavy atom. The first-order chi connectivity index (χ1) is 11.9. The molecule has 1 atom stereocenters. The molecule has 0 aliphatic carbocycles. The van der Waals surface area contributed by atoms with Crippen molar-refractivity contribution in [2.24, 2.45) is 0 Å². The average molecular weight is 338 g/mol. The second-order valence-electron chi connectivity index (χ2n) is 6.42. The fraction of sp³-hybridized carbons (Fsp3) is 0.300. The largest absolute Gasteiger partial charge is 0.465 e. The maximum atomic E-state index is 13.1. The first-order valence-corrected chi connectivity index (χ1v) is 8.44. The van der Waals surface area contributed by atoms with Crippen LogP contribution in [0.2, 0.25) is 0 Å². The second-order valence-corrected chi connectivity index (χ2v) is 6.42. The van der Waals surface area contributed by atoms with Crippen molar-refractivity contribution < 1.29 is 14.7 Å². The van der Waals surface area contributed by atoms with E-state index < -0.39 is 6.09 Å². The van der Waals surface area contributed by atoms with Crippen LogP contribution in [0.5, 0.6) is 0 Å². The first-order valence-electron chi connectivity index (χ1n) is 8.44. The van der Waals surface area contributed by atoms with Crippen LogP contribution in [0, 0.1) is 13.8 Å². The van der Waals surface area contributed by atoms with Crippen LogP contribution >= 0.6 is 0 Å². The van der Waals surface area contributed by atoms with Gasteiger partial charge in [0.1, 0.15) is 0 Å². The minimum Gasteiger partial charge on any atom is -0.465 e. The number of aryl methyl sites for hydroxylation is 2. The summed E-state index contributed by atoms with van der Waals surface area (Å²) in [5.74, 6) is -0.103. The van der Waals surface area contributed by atoms with Crippen molar-refractivity contribution >= 4 is 23.4 Å². The Morgan fingerprint density at radius 3 is 2.24 bits per heavy atom. The van der Waals surface area contributed by atoms with Crippen LogP contribution in [0.15, 0.2) is 42.5 Å². The molecular formula is C20H22N2O3. The van der Waals surface area contributed by atoms with Gasteiger partial charge in [-0.3, -0.25) is 9.69 Å². The van der Waals surface area contributed by atoms with Gasteiger partial charge in [-0.05, 0) is 55.7 Å². The van der Waals surface area contributed by atoms with Crippen LogP contribution in [0.1, 0.15) is 34.8 Å². The fourth-order valence-electron chi connectivity index (χ4n) is 3.28. The van der Waals surface area contributed by atoms with Gasteiger partial charge in [0.25, 0.3) is 5.91 Å². The lowest BCUT2D eigenvalue weighted by Gasteiger charge is -2.41. The predicted molar refractivity (Wildman–Crippen MR) is 98.6 cm³/mol. The molecule has 1 aliphatic heterocycles. The Balaban J connectivity index is 2.15. The van der Waals surface area contributed by atoms with E-state index in [4.69, 9.17) is 0 Å². The van der Waals surface area contributed by atoms with Gasteiger partial charge < -0.3 is 10.0 Å². The SMILES string of the molecule is CCC1CN(C(=O)c2ccccc2)c2cc(C)c(C)cc2N1C(=O)O. The third-order valence-electron chi connectivity index (χ3n) is 4.84. The number of nitrogens with zero attached hydrogens (tertiary/aromatic N) is 2. The quantitative estimate of drug-likeness (QED) is 0.891. The van der Waals surface area contributed by atoms with Crippen molar-refractivity contribution in [2.45, 2.75) is 33.2 Å². The summed E-state index contributed by atoms with van der Waals surface area (Å²) in [7, 11) is 0. The monoisotopic (exact) mass is 338 g/mol. The van der Waals surface area contributed by atoms with Crippen LogP contribution in [-0.4, -0.2) is 29.7 Å². The lowest BCUT2D eigenvalue weighted by atomic mass is 9.99. The highest BCUT2D eigenvalue weighted by Gasteiger charge is 2.36. The number of carbonyl (C=O) groups is 2. The van der Waals surface area contributed by atoms with Crippen molar-refractivity contribution in [3.8, 4) is 0 Å². The molecule has 2 amide bonds. The van der Waals surface area contributed by atoms with Crippen molar-refractivity contribution in [1.82, 2.24) is 0 Å². The van der Waals surface area contributed by atoms with Gasteiger partial charge in [-0.2, -0.15) is 0 Å². The summed E-state index contributed by atoms with van der Waals surface area (Å²) < 4.78 is 0. The summed E-state index contributed by atoms with van der Waals surface area (Å²) in [5.41, 5.74) is 3.88. The Kier molecular flexibility index (Phi) is 4.49. The zero-order valence-electron chi connectivity index (χ0n) is 14.7. The van der Waals surface area contributed by atoms with Gasteiger partial charge >= 0.3 is 6.09 Å². The molecular weight excluding hydrogens is 316 g/mol. The summed E-state index contributed by atoms with van der Waals surface area (Å²) in [6.07, 6.45) is -0.347. The van der Waals surface area contributed by atoms with Crippen LogP contribution in [0.25, 0.3) is 0 Å². The smallest absolute Gasteiger partial charge is 0.412 e. The number of anilines is 2. The number of carboxylic acid groups (broad SMARTS) is 1. The molecule has 1 unspecified atom stereocenters. The van der Waals surface area contributed by atoms with E-state index in [1.54, 1.807) is 17.0 Å². The second kappa shape index (κ2) is 6.59. The van der Waals surface area contributed by atoms with Gasteiger partial charge in [0.15, 0.2) is 0 Å². The van der Waals surface area contributed by atoms with E-state index >= 15 is 0 Å². The van der Waals surface area contributed by atoms with E-state index in [-0.39, 0.29) is 11.9 Å². The number of benzene rings is 2. The number of rotatable bonds is 2. The van der Waals surface area contributed by atoms with Gasteiger partial charge in [-0.25, -0.2) is 4.79 Å². The maximum absolute atomic E-state index is 13.1. The Bertz CT molecular complexity index is 817. The zero-order chi connectivity index (χ0) is 18.1. The van der Waals surface area contributed by atoms with E-state index in [1.807, 2.05) is 51.1 Å². The summed E-state index contributed by atoms with van der Waals surface area (Å²) in [5, 5.41) is 9.71. The summed E-state index contributed by atoms with van der Waals surface area (Å²) in [6, 6.07) is 12.6. The Hall–Kier alpha value is -2.82. The van der Waals surface area contributed by atoms with E-state index in [0.717, 1.165) is 11.1 Å². The predicted octanol–water partition coefficient (Wildman–Crippen LogP) is 4.23. The summed E-state index contributed by atoms with van der Waals surface area (Å²) >= 11 is 0. The average Bonchev–Trinajstić information content (AvgIpc) is 2.61. The zero-order valence-corrected chi connectivity index (χ0v) is 14.7. The van der Waals surface area contributed by atoms with Crippen LogP contribution in [-0.2, 0) is 0 Å². The molecule has 0 radical (unpaired) electrons. The molecule has 0 fully saturated rings. The minimum absolute atomic E-state index is 0.103. The molecule has 1 heterocycles. The normalized spacial score (nSPS) is 16.5. The molecule has 25 heavy (non-hydrogen) atoms. The fourth-order valence-corrected chi connectivity index (χ4v) is 3.28. The molecule has 5 nitrogen and oxygen atoms in total. The maximum Gasteiger partial charge on any atom is 0.412 e. The summed E-state index contributed by atoms with van der Waals surface area (Å²) in [4.78, 5) is 28.0. The molecule has 0 bridgehead atoms. The van der Waals surface area contributed by atoms with E-state index in [0.29, 0.717) is 29.9 Å². The van der Waals surface area contributed by atoms with Gasteiger partial charge in [0, 0.05) is 12.1 Å². The van der Waals surface area contributed by atoms with E-state index in [9.17, 15) is 14.7 Å². The van der Waals surface area contributed by atoms with Crippen LogP contribution in [0.4, 0.5) is 16.2 Å². The molecule has 0 saturated heterocycles. The highest BCUT2D eigenvalue weighted by atomic mass is 16.4. The van der Waals surface area contributed by atoms with Crippen molar-refractivity contribution in [1.29, 1.82) is 0 Å². The third-order valence-corrected chi connectivity index (χ3v) is 4.84. The number of hydrogen-bond acceptors (Lipinski definition) is 2. The minimum atomic E-state index is -0.983. The van der Waals surface area contributed by atoms with Gasteiger partial charge in [-0.15, -0.1) is 0 Å². The molecule has 130 valence electrons. The van der Waals surface area contributed by atoms with Crippen LogP contribution in [0.3, 0.4) is 0 Å². The first kappa shape index (κ1) is 17.0.